The van der Waals surface area contributed by atoms with Crippen LogP contribution in [-0.2, 0) is 4.74 Å². The minimum Gasteiger partial charge on any atom is -0.380 e. The normalized spacial score (nSPS) is 11.6. The van der Waals surface area contributed by atoms with E-state index in [0.29, 0.717) is 0 Å². The second-order valence-corrected chi connectivity index (χ2v) is 4.93. The van der Waals surface area contributed by atoms with Crippen LogP contribution in [0.1, 0.15) is 40.5 Å². The Morgan fingerprint density at radius 1 is 1.06 bits per heavy atom. The Kier molecular flexibility index (Phi) is 12.3. The average molecular weight is 244 g/mol. The summed E-state index contributed by atoms with van der Waals surface area (Å²) < 4.78 is 5.54. The topological polar surface area (TPSA) is 24.5 Å². The van der Waals surface area contributed by atoms with Crippen molar-refractivity contribution in [2.45, 2.75) is 40.5 Å². The number of nitrogens with zero attached hydrogens (tertiary/aromatic N) is 1. The highest BCUT2D eigenvalue weighted by Crippen LogP contribution is 1.98. The Bertz CT molecular complexity index is 147. The number of nitrogens with one attached hydrogen (secondary N) is 1. The summed E-state index contributed by atoms with van der Waals surface area (Å²) in [6, 6.07) is 0. The zero-order valence-electron chi connectivity index (χ0n) is 12.3. The van der Waals surface area contributed by atoms with Crippen molar-refractivity contribution in [3.8, 4) is 0 Å². The van der Waals surface area contributed by atoms with E-state index in [-0.39, 0.29) is 0 Å². The molecule has 0 fully saturated rings. The third-order valence-electron chi connectivity index (χ3n) is 2.99. The molecule has 0 saturated carbocycles. The molecule has 0 aliphatic heterocycles. The summed E-state index contributed by atoms with van der Waals surface area (Å²) in [5, 5.41) is 3.43. The molecule has 0 spiro atoms. The maximum atomic E-state index is 5.54. The van der Waals surface area contributed by atoms with E-state index in [1.54, 1.807) is 0 Å². The highest BCUT2D eigenvalue weighted by Gasteiger charge is 1.97. The van der Waals surface area contributed by atoms with E-state index in [2.05, 4.69) is 37.9 Å². The van der Waals surface area contributed by atoms with Crippen molar-refractivity contribution in [3.05, 3.63) is 0 Å². The van der Waals surface area contributed by atoms with Crippen molar-refractivity contribution >= 4 is 0 Å². The van der Waals surface area contributed by atoms with Crippen molar-refractivity contribution < 1.29 is 4.74 Å². The predicted octanol–water partition coefficient (Wildman–Crippen LogP) is 2.37. The average Bonchev–Trinajstić information content (AvgIpc) is 2.31. The van der Waals surface area contributed by atoms with Crippen molar-refractivity contribution in [1.29, 1.82) is 0 Å². The fourth-order valence-electron chi connectivity index (χ4n) is 1.66. The molecule has 104 valence electrons. The summed E-state index contributed by atoms with van der Waals surface area (Å²) in [7, 11) is 0. The standard InChI is InChI=1S/C14H32N2O/c1-5-16(6-2)11-7-9-15-10-13-17-12-8-14(3)4/h14-15H,5-13H2,1-4H3. The number of ether oxygens (including phenoxy) is 1. The Labute approximate surface area is 108 Å². The van der Waals surface area contributed by atoms with E-state index in [0.717, 1.165) is 45.3 Å². The van der Waals surface area contributed by atoms with Gasteiger partial charge in [-0.05, 0) is 44.9 Å². The number of rotatable bonds is 12. The number of hydrogen-bond donors (Lipinski definition) is 1. The van der Waals surface area contributed by atoms with Crippen LogP contribution in [0.2, 0.25) is 0 Å². The van der Waals surface area contributed by atoms with Gasteiger partial charge in [0.25, 0.3) is 0 Å². The lowest BCUT2D eigenvalue weighted by Gasteiger charge is -2.17. The fourth-order valence-corrected chi connectivity index (χ4v) is 1.66. The molecule has 3 heteroatoms. The summed E-state index contributed by atoms with van der Waals surface area (Å²) in [5.41, 5.74) is 0. The molecule has 0 saturated heterocycles. The summed E-state index contributed by atoms with van der Waals surface area (Å²) in [5.74, 6) is 0.747. The van der Waals surface area contributed by atoms with Gasteiger partial charge in [0, 0.05) is 13.2 Å². The van der Waals surface area contributed by atoms with Crippen LogP contribution in [0.15, 0.2) is 0 Å². The van der Waals surface area contributed by atoms with E-state index >= 15 is 0 Å². The van der Waals surface area contributed by atoms with Gasteiger partial charge >= 0.3 is 0 Å². The van der Waals surface area contributed by atoms with Gasteiger partial charge in [-0.3, -0.25) is 0 Å². The zero-order valence-corrected chi connectivity index (χ0v) is 12.3. The van der Waals surface area contributed by atoms with Crippen LogP contribution >= 0.6 is 0 Å². The van der Waals surface area contributed by atoms with Crippen molar-refractivity contribution in [3.63, 3.8) is 0 Å². The van der Waals surface area contributed by atoms with Gasteiger partial charge in [0.1, 0.15) is 0 Å². The predicted molar refractivity (Wildman–Crippen MR) is 75.5 cm³/mol. The van der Waals surface area contributed by atoms with Gasteiger partial charge in [0.15, 0.2) is 0 Å². The molecular weight excluding hydrogens is 212 g/mol. The van der Waals surface area contributed by atoms with E-state index in [4.69, 9.17) is 4.74 Å². The second kappa shape index (κ2) is 12.3. The lowest BCUT2D eigenvalue weighted by atomic mass is 10.1. The van der Waals surface area contributed by atoms with Crippen LogP contribution in [0.3, 0.4) is 0 Å². The first-order valence-electron chi connectivity index (χ1n) is 7.21. The molecular formula is C14H32N2O. The molecule has 0 aromatic carbocycles. The molecule has 0 heterocycles. The Morgan fingerprint density at radius 2 is 1.76 bits per heavy atom. The summed E-state index contributed by atoms with van der Waals surface area (Å²) in [6.07, 6.45) is 2.40. The molecule has 0 aromatic rings. The quantitative estimate of drug-likeness (QED) is 0.533. The van der Waals surface area contributed by atoms with Gasteiger partial charge < -0.3 is 15.0 Å². The molecule has 0 amide bonds. The molecule has 1 N–H and O–H groups in total. The van der Waals surface area contributed by atoms with Gasteiger partial charge in [-0.1, -0.05) is 27.7 Å². The van der Waals surface area contributed by atoms with Gasteiger partial charge in [-0.25, -0.2) is 0 Å². The fraction of sp³-hybridized carbons (Fsp3) is 1.00. The van der Waals surface area contributed by atoms with Gasteiger partial charge in [-0.2, -0.15) is 0 Å². The van der Waals surface area contributed by atoms with E-state index in [1.165, 1.54) is 19.4 Å². The Hall–Kier alpha value is -0.120. The minimum absolute atomic E-state index is 0.747. The van der Waals surface area contributed by atoms with Gasteiger partial charge in [0.2, 0.25) is 0 Å². The van der Waals surface area contributed by atoms with E-state index in [9.17, 15) is 0 Å². The maximum Gasteiger partial charge on any atom is 0.0590 e. The molecule has 0 aromatic heterocycles. The molecule has 0 atom stereocenters. The lowest BCUT2D eigenvalue weighted by Crippen LogP contribution is -2.28. The lowest BCUT2D eigenvalue weighted by molar-refractivity contribution is 0.125. The van der Waals surface area contributed by atoms with Crippen LogP contribution in [0.5, 0.6) is 0 Å². The Morgan fingerprint density at radius 3 is 2.35 bits per heavy atom. The largest absolute Gasteiger partial charge is 0.380 e. The van der Waals surface area contributed by atoms with Gasteiger partial charge in [0.05, 0.1) is 6.61 Å². The summed E-state index contributed by atoms with van der Waals surface area (Å²) in [4.78, 5) is 2.46. The second-order valence-electron chi connectivity index (χ2n) is 4.93. The number of hydrogen-bond acceptors (Lipinski definition) is 3. The van der Waals surface area contributed by atoms with Crippen LogP contribution in [-0.4, -0.2) is 50.8 Å². The highest BCUT2D eigenvalue weighted by molar-refractivity contribution is 4.54. The van der Waals surface area contributed by atoms with Crippen molar-refractivity contribution in [2.24, 2.45) is 5.92 Å². The summed E-state index contributed by atoms with van der Waals surface area (Å²) >= 11 is 0. The van der Waals surface area contributed by atoms with E-state index < -0.39 is 0 Å². The minimum atomic E-state index is 0.747. The van der Waals surface area contributed by atoms with Crippen molar-refractivity contribution in [1.82, 2.24) is 10.2 Å². The third-order valence-corrected chi connectivity index (χ3v) is 2.99. The monoisotopic (exact) mass is 244 g/mol. The summed E-state index contributed by atoms with van der Waals surface area (Å²) in [6.45, 7) is 16.3. The molecule has 0 bridgehead atoms. The first-order valence-corrected chi connectivity index (χ1v) is 7.21. The van der Waals surface area contributed by atoms with Crippen LogP contribution in [0.4, 0.5) is 0 Å². The molecule has 0 aliphatic rings. The SMILES string of the molecule is CCN(CC)CCCNCCOCCC(C)C. The molecule has 0 rings (SSSR count). The first-order chi connectivity index (χ1) is 8.20. The molecule has 0 radical (unpaired) electrons. The third kappa shape index (κ3) is 12.1. The van der Waals surface area contributed by atoms with Crippen LogP contribution < -0.4 is 5.32 Å². The zero-order chi connectivity index (χ0) is 12.9. The molecule has 3 nitrogen and oxygen atoms in total. The maximum absolute atomic E-state index is 5.54. The highest BCUT2D eigenvalue weighted by atomic mass is 16.5. The molecule has 17 heavy (non-hydrogen) atoms. The van der Waals surface area contributed by atoms with Gasteiger partial charge in [-0.15, -0.1) is 0 Å². The van der Waals surface area contributed by atoms with Crippen LogP contribution in [0.25, 0.3) is 0 Å². The first kappa shape index (κ1) is 16.9. The van der Waals surface area contributed by atoms with Crippen molar-refractivity contribution in [2.75, 3.05) is 45.9 Å². The molecule has 0 unspecified atom stereocenters. The van der Waals surface area contributed by atoms with Crippen LogP contribution in [0, 0.1) is 5.92 Å². The smallest absolute Gasteiger partial charge is 0.0590 e. The Balaban J connectivity index is 3.08. The molecule has 0 aliphatic carbocycles. The van der Waals surface area contributed by atoms with E-state index in [1.807, 2.05) is 0 Å².